The number of carbonyl (C=O) groups excluding carboxylic acids is 1. The Morgan fingerprint density at radius 1 is 1.14 bits per heavy atom. The van der Waals surface area contributed by atoms with Crippen LogP contribution in [0.25, 0.3) is 0 Å². The molecule has 0 spiro atoms. The first-order valence-corrected chi connectivity index (χ1v) is 8.75. The van der Waals surface area contributed by atoms with Gasteiger partial charge in [0.2, 0.25) is 5.91 Å². The molecule has 22 heavy (non-hydrogen) atoms. The van der Waals surface area contributed by atoms with Crippen LogP contribution in [0.2, 0.25) is 0 Å². The third-order valence-electron chi connectivity index (χ3n) is 5.45. The molecule has 0 radical (unpaired) electrons. The maximum Gasteiger partial charge on any atom is 0.222 e. The van der Waals surface area contributed by atoms with E-state index in [0.717, 1.165) is 25.7 Å². The zero-order valence-corrected chi connectivity index (χ0v) is 13.8. The van der Waals surface area contributed by atoms with Gasteiger partial charge < -0.3 is 10.2 Å². The quantitative estimate of drug-likeness (QED) is 0.907. The second-order valence-electron chi connectivity index (χ2n) is 6.94. The Labute approximate surface area is 134 Å². The van der Waals surface area contributed by atoms with E-state index in [4.69, 9.17) is 0 Å². The third kappa shape index (κ3) is 3.52. The molecule has 2 atom stereocenters. The van der Waals surface area contributed by atoms with Crippen molar-refractivity contribution in [1.29, 1.82) is 0 Å². The van der Waals surface area contributed by atoms with Crippen LogP contribution in [0.15, 0.2) is 24.3 Å². The lowest BCUT2D eigenvalue weighted by atomic mass is 9.98. The highest BCUT2D eigenvalue weighted by atomic mass is 16.2. The van der Waals surface area contributed by atoms with Gasteiger partial charge in [-0.15, -0.1) is 0 Å². The van der Waals surface area contributed by atoms with Gasteiger partial charge in [-0.05, 0) is 49.7 Å². The van der Waals surface area contributed by atoms with E-state index in [1.165, 1.54) is 24.0 Å². The summed E-state index contributed by atoms with van der Waals surface area (Å²) in [7, 11) is 2.00. The number of carbonyl (C=O) groups is 1. The molecule has 2 aliphatic rings. The van der Waals surface area contributed by atoms with Crippen LogP contribution in [-0.2, 0) is 17.6 Å². The number of aryl methyl sites for hydroxylation is 2. The van der Waals surface area contributed by atoms with Gasteiger partial charge in [0.1, 0.15) is 0 Å². The molecule has 1 aromatic rings. The minimum atomic E-state index is 0.297. The summed E-state index contributed by atoms with van der Waals surface area (Å²) in [6, 6.07) is 10.4. The Kier molecular flexibility index (Phi) is 4.82. The minimum absolute atomic E-state index is 0.297. The summed E-state index contributed by atoms with van der Waals surface area (Å²) < 4.78 is 0. The van der Waals surface area contributed by atoms with Crippen molar-refractivity contribution in [3.63, 3.8) is 0 Å². The fraction of sp³-hybridized carbons (Fsp3) is 0.632. The second-order valence-corrected chi connectivity index (χ2v) is 6.94. The van der Waals surface area contributed by atoms with E-state index in [1.54, 1.807) is 0 Å². The van der Waals surface area contributed by atoms with Crippen LogP contribution in [0.1, 0.15) is 50.2 Å². The molecule has 2 bridgehead atoms. The van der Waals surface area contributed by atoms with Crippen LogP contribution in [0.3, 0.4) is 0 Å². The molecule has 120 valence electrons. The lowest BCUT2D eigenvalue weighted by Crippen LogP contribution is -2.48. The number of benzene rings is 1. The van der Waals surface area contributed by atoms with Gasteiger partial charge >= 0.3 is 0 Å². The fourth-order valence-corrected chi connectivity index (χ4v) is 3.92. The molecule has 3 rings (SSSR count). The van der Waals surface area contributed by atoms with Crippen molar-refractivity contribution < 1.29 is 4.79 Å². The summed E-state index contributed by atoms with van der Waals surface area (Å²) in [6.45, 7) is 2.17. The lowest BCUT2D eigenvalue weighted by Gasteiger charge is -2.35. The number of nitrogens with one attached hydrogen (secondary N) is 1. The van der Waals surface area contributed by atoms with Crippen LogP contribution in [0, 0.1) is 0 Å². The molecule has 3 heteroatoms. The van der Waals surface area contributed by atoms with Crippen LogP contribution in [0.5, 0.6) is 0 Å². The average Bonchev–Trinajstić information content (AvgIpc) is 2.90. The standard InChI is InChI=1S/C19H28N2O/c1-3-14-4-6-15(7-5-14)8-11-19(22)21(2)18-12-16-9-10-17(13-18)20-16/h4-7,16-18,20H,3,8-13H2,1-2H3. The van der Waals surface area contributed by atoms with Crippen molar-refractivity contribution in [2.75, 3.05) is 7.05 Å². The maximum absolute atomic E-state index is 12.5. The van der Waals surface area contributed by atoms with E-state index >= 15 is 0 Å². The molecule has 1 aromatic carbocycles. The highest BCUT2D eigenvalue weighted by Crippen LogP contribution is 2.29. The molecule has 0 aliphatic carbocycles. The topological polar surface area (TPSA) is 32.3 Å². The maximum atomic E-state index is 12.5. The first kappa shape index (κ1) is 15.5. The summed E-state index contributed by atoms with van der Waals surface area (Å²) in [5.41, 5.74) is 2.63. The van der Waals surface area contributed by atoms with Gasteiger partial charge in [-0.25, -0.2) is 0 Å². The monoisotopic (exact) mass is 300 g/mol. The lowest BCUT2D eigenvalue weighted by molar-refractivity contribution is -0.132. The molecule has 2 fully saturated rings. The van der Waals surface area contributed by atoms with E-state index in [1.807, 2.05) is 11.9 Å². The molecule has 2 heterocycles. The van der Waals surface area contributed by atoms with Crippen LogP contribution < -0.4 is 5.32 Å². The molecule has 0 saturated carbocycles. The van der Waals surface area contributed by atoms with E-state index < -0.39 is 0 Å². The Balaban J connectivity index is 1.50. The summed E-state index contributed by atoms with van der Waals surface area (Å²) in [5.74, 6) is 0.297. The summed E-state index contributed by atoms with van der Waals surface area (Å²) in [5, 5.41) is 3.64. The molecule has 2 saturated heterocycles. The van der Waals surface area contributed by atoms with Gasteiger partial charge in [0.15, 0.2) is 0 Å². The van der Waals surface area contributed by atoms with Gasteiger partial charge in [0.05, 0.1) is 0 Å². The Morgan fingerprint density at radius 2 is 1.73 bits per heavy atom. The zero-order chi connectivity index (χ0) is 15.5. The van der Waals surface area contributed by atoms with Crippen LogP contribution in [-0.4, -0.2) is 36.0 Å². The smallest absolute Gasteiger partial charge is 0.222 e. The van der Waals surface area contributed by atoms with Gasteiger partial charge in [0, 0.05) is 31.6 Å². The van der Waals surface area contributed by atoms with Gasteiger partial charge in [0.25, 0.3) is 0 Å². The molecular weight excluding hydrogens is 272 g/mol. The van der Waals surface area contributed by atoms with E-state index in [0.29, 0.717) is 30.5 Å². The average molecular weight is 300 g/mol. The Morgan fingerprint density at radius 3 is 2.32 bits per heavy atom. The van der Waals surface area contributed by atoms with Crippen molar-refractivity contribution in [2.45, 2.75) is 70.0 Å². The highest BCUT2D eigenvalue weighted by Gasteiger charge is 2.36. The van der Waals surface area contributed by atoms with Gasteiger partial charge in [-0.1, -0.05) is 31.2 Å². The number of hydrogen-bond donors (Lipinski definition) is 1. The third-order valence-corrected chi connectivity index (χ3v) is 5.45. The number of fused-ring (bicyclic) bond motifs is 2. The number of nitrogens with zero attached hydrogens (tertiary/aromatic N) is 1. The summed E-state index contributed by atoms with van der Waals surface area (Å²) >= 11 is 0. The van der Waals surface area contributed by atoms with Crippen LogP contribution >= 0.6 is 0 Å². The Hall–Kier alpha value is -1.35. The summed E-state index contributed by atoms with van der Waals surface area (Å²) in [6.07, 6.45) is 7.38. The molecule has 1 amide bonds. The first-order valence-electron chi connectivity index (χ1n) is 8.75. The summed E-state index contributed by atoms with van der Waals surface area (Å²) in [4.78, 5) is 14.5. The number of amides is 1. The van der Waals surface area contributed by atoms with Crippen molar-refractivity contribution >= 4 is 5.91 Å². The minimum Gasteiger partial charge on any atom is -0.343 e. The van der Waals surface area contributed by atoms with Crippen molar-refractivity contribution in [3.05, 3.63) is 35.4 Å². The SMILES string of the molecule is CCc1ccc(CCC(=O)N(C)C2CC3CCC(C2)N3)cc1. The molecule has 3 nitrogen and oxygen atoms in total. The number of rotatable bonds is 5. The number of hydrogen-bond acceptors (Lipinski definition) is 2. The number of piperidine rings is 1. The molecule has 2 unspecified atom stereocenters. The van der Waals surface area contributed by atoms with E-state index in [2.05, 4.69) is 36.5 Å². The molecule has 1 N–H and O–H groups in total. The Bertz CT molecular complexity index is 499. The van der Waals surface area contributed by atoms with Gasteiger partial charge in [-0.2, -0.15) is 0 Å². The van der Waals surface area contributed by atoms with E-state index in [9.17, 15) is 4.79 Å². The van der Waals surface area contributed by atoms with Crippen molar-refractivity contribution in [2.24, 2.45) is 0 Å². The predicted molar refractivity (Wildman–Crippen MR) is 89.9 cm³/mol. The van der Waals surface area contributed by atoms with Crippen molar-refractivity contribution in [1.82, 2.24) is 10.2 Å². The van der Waals surface area contributed by atoms with Crippen molar-refractivity contribution in [3.8, 4) is 0 Å². The normalized spacial score (nSPS) is 26.9. The predicted octanol–water partition coefficient (Wildman–Crippen LogP) is 2.92. The molecule has 2 aliphatic heterocycles. The molecular formula is C19H28N2O. The molecule has 0 aromatic heterocycles. The van der Waals surface area contributed by atoms with E-state index in [-0.39, 0.29) is 0 Å². The van der Waals surface area contributed by atoms with Gasteiger partial charge in [-0.3, -0.25) is 4.79 Å². The van der Waals surface area contributed by atoms with Crippen LogP contribution in [0.4, 0.5) is 0 Å². The second kappa shape index (κ2) is 6.82. The fourth-order valence-electron chi connectivity index (χ4n) is 3.92. The highest BCUT2D eigenvalue weighted by molar-refractivity contribution is 5.76. The zero-order valence-electron chi connectivity index (χ0n) is 13.8. The largest absolute Gasteiger partial charge is 0.343 e. The first-order chi connectivity index (χ1) is 10.7.